The molecule has 0 radical (unpaired) electrons. The smallest absolute Gasteiger partial charge is 0.225 e. The zero-order chi connectivity index (χ0) is 43.5. The lowest BCUT2D eigenvalue weighted by molar-refractivity contribution is 0.588. The molecule has 0 saturated carbocycles. The molecule has 0 fully saturated rings. The van der Waals surface area contributed by atoms with Gasteiger partial charge in [-0.1, -0.05) is 171 Å². The molecule has 2 atom stereocenters. The number of hydrogen-bond acceptors (Lipinski definition) is 2. The Bertz CT molecular complexity index is 4050. The van der Waals surface area contributed by atoms with Crippen LogP contribution in [0.1, 0.15) is 55.8 Å². The first-order valence-electron chi connectivity index (χ1n) is 22.4. The summed E-state index contributed by atoms with van der Waals surface area (Å²) < 4.78 is 15.2. The predicted octanol–water partition coefficient (Wildman–Crippen LogP) is 17.0. The van der Waals surface area contributed by atoms with Gasteiger partial charge in [-0.2, -0.15) is 0 Å². The molecule has 11 aromatic rings. The zero-order valence-electron chi connectivity index (χ0n) is 35.1. The van der Waals surface area contributed by atoms with Crippen molar-refractivity contribution < 1.29 is 8.83 Å². The molecule has 2 unspecified atom stereocenters. The third-order valence-corrected chi connectivity index (χ3v) is 16.3. The first-order valence-corrected chi connectivity index (χ1v) is 24.0. The predicted molar refractivity (Wildman–Crippen MR) is 274 cm³/mol. The number of furan rings is 2. The van der Waals surface area contributed by atoms with Crippen LogP contribution in [0, 0.1) is 6.08 Å². The van der Waals surface area contributed by atoms with Crippen molar-refractivity contribution in [2.45, 2.75) is 10.8 Å². The average Bonchev–Trinajstić information content (AvgIpc) is 4.19. The highest BCUT2D eigenvalue weighted by molar-refractivity contribution is 9.11. The second-order valence-electron chi connectivity index (χ2n) is 17.9. The molecule has 5 aliphatic rings. The summed E-state index contributed by atoms with van der Waals surface area (Å²) in [5.41, 5.74) is 23.7. The van der Waals surface area contributed by atoms with Crippen molar-refractivity contribution >= 4 is 82.0 Å². The van der Waals surface area contributed by atoms with E-state index in [1.54, 1.807) is 0 Å². The third kappa shape index (κ3) is 4.41. The number of rotatable bonds is 0. The van der Waals surface area contributed by atoms with Gasteiger partial charge in [0.2, 0.25) is 5.76 Å². The van der Waals surface area contributed by atoms with Gasteiger partial charge in [-0.05, 0) is 110 Å². The lowest BCUT2D eigenvalue weighted by atomic mass is 9.68. The molecular weight excluding hydrogens is 936 g/mol. The number of hydrogen-bond donors (Lipinski definition) is 0. The normalized spacial score (nSPS) is 18.0. The standard InChI is InChI=1S/C31H17BrO.C31H16BrO/c32-27-14-7-13-25-30(27)20-10-2-5-12-24(20)31(25)23-11-4-1-8-18(23)21-17-29-22(16-26(21)31)19-9-3-6-15-28(19)33-29;32-26-14-7-13-25-28(26)22-10-2-5-12-24(22)31(25)23-11-4-1-8-18(23)20-16-17-21-19-9-3-6-15-27(19)33-30(21)29(20)31/h1-17H;1-15,17H/q;+1. The van der Waals surface area contributed by atoms with E-state index in [9.17, 15) is 0 Å². The maximum Gasteiger partial charge on any atom is 0.225 e. The third-order valence-electron chi connectivity index (χ3n) is 15.0. The van der Waals surface area contributed by atoms with Gasteiger partial charge < -0.3 is 8.83 Å². The van der Waals surface area contributed by atoms with Crippen LogP contribution in [0.25, 0.3) is 83.5 Å². The van der Waals surface area contributed by atoms with E-state index in [4.69, 9.17) is 8.83 Å². The van der Waals surface area contributed by atoms with Crippen LogP contribution < -0.4 is 0 Å². The molecule has 0 saturated heterocycles. The summed E-state index contributed by atoms with van der Waals surface area (Å²) in [7, 11) is 0. The fourth-order valence-corrected chi connectivity index (χ4v) is 13.8. The van der Waals surface area contributed by atoms with Crippen LogP contribution in [-0.4, -0.2) is 0 Å². The molecular formula is C62H33Br2O2+. The van der Waals surface area contributed by atoms with Crippen LogP contribution in [0.4, 0.5) is 0 Å². The highest BCUT2D eigenvalue weighted by atomic mass is 79.9. The minimum atomic E-state index is -0.439. The molecule has 4 heteroatoms. The van der Waals surface area contributed by atoms with Gasteiger partial charge in [0.1, 0.15) is 33.3 Å². The van der Waals surface area contributed by atoms with E-state index in [0.717, 1.165) is 48.0 Å². The van der Waals surface area contributed by atoms with Gasteiger partial charge in [0.05, 0.1) is 22.4 Å². The number of para-hydroxylation sites is 2. The first-order chi connectivity index (χ1) is 32.6. The van der Waals surface area contributed by atoms with Crippen LogP contribution in [0.15, 0.2) is 212 Å². The Morgan fingerprint density at radius 2 is 0.864 bits per heavy atom. The van der Waals surface area contributed by atoms with Gasteiger partial charge in [-0.15, -0.1) is 0 Å². The molecule has 16 rings (SSSR count). The van der Waals surface area contributed by atoms with Gasteiger partial charge in [-0.25, -0.2) is 0 Å². The quantitative estimate of drug-likeness (QED) is 0.142. The van der Waals surface area contributed by atoms with Gasteiger partial charge in [0.15, 0.2) is 5.57 Å². The van der Waals surface area contributed by atoms with Crippen molar-refractivity contribution in [1.82, 2.24) is 0 Å². The summed E-state index contributed by atoms with van der Waals surface area (Å²) in [4.78, 5) is 0. The molecule has 2 heterocycles. The Labute approximate surface area is 397 Å². The largest absolute Gasteiger partial charge is 0.456 e. The number of halogens is 2. The minimum Gasteiger partial charge on any atom is -0.456 e. The van der Waals surface area contributed by atoms with Crippen molar-refractivity contribution in [1.29, 1.82) is 0 Å². The van der Waals surface area contributed by atoms with E-state index in [-0.39, 0.29) is 5.41 Å². The molecule has 2 spiro atoms. The topological polar surface area (TPSA) is 26.3 Å². The minimum absolute atomic E-state index is 0.339. The molecule has 2 aromatic heterocycles. The molecule has 306 valence electrons. The number of fused-ring (bicyclic) bond motifs is 26. The monoisotopic (exact) mass is 967 g/mol. The van der Waals surface area contributed by atoms with E-state index in [1.807, 2.05) is 12.1 Å². The van der Waals surface area contributed by atoms with Crippen LogP contribution in [-0.2, 0) is 10.8 Å². The molecule has 2 nitrogen and oxygen atoms in total. The molecule has 0 aliphatic heterocycles. The van der Waals surface area contributed by atoms with Gasteiger partial charge >= 0.3 is 0 Å². The summed E-state index contributed by atoms with van der Waals surface area (Å²) in [5.74, 6) is 0.962. The zero-order valence-corrected chi connectivity index (χ0v) is 38.3. The van der Waals surface area contributed by atoms with Gasteiger partial charge in [0.25, 0.3) is 0 Å². The van der Waals surface area contributed by atoms with E-state index in [0.29, 0.717) is 0 Å². The SMILES string of the molecule is Brc1cccc2c1-c1ccccc1C21C2=C([C+]=Cc3c2oc2ccccc32)c2ccccc21.Brc1cccc2c1-c1ccccc1C21c2ccccc2-c2cc3oc4ccccc4c3cc21. The fraction of sp³-hybridized carbons (Fsp3) is 0.0323. The highest BCUT2D eigenvalue weighted by Crippen LogP contribution is 2.67. The van der Waals surface area contributed by atoms with Gasteiger partial charge in [-0.3, -0.25) is 0 Å². The number of benzene rings is 9. The van der Waals surface area contributed by atoms with Crippen molar-refractivity contribution in [2.75, 3.05) is 0 Å². The van der Waals surface area contributed by atoms with Crippen LogP contribution in [0.5, 0.6) is 0 Å². The second-order valence-corrected chi connectivity index (χ2v) is 19.6. The summed E-state index contributed by atoms with van der Waals surface area (Å²) in [6.45, 7) is 0. The van der Waals surface area contributed by atoms with E-state index in [1.165, 1.54) is 94.2 Å². The van der Waals surface area contributed by atoms with Crippen LogP contribution >= 0.6 is 31.9 Å². The molecule has 0 bridgehead atoms. The Balaban J connectivity index is 0.000000121. The van der Waals surface area contributed by atoms with E-state index in [2.05, 4.69) is 226 Å². The molecule has 5 aliphatic carbocycles. The van der Waals surface area contributed by atoms with E-state index < -0.39 is 5.41 Å². The maximum atomic E-state index is 6.64. The van der Waals surface area contributed by atoms with Crippen molar-refractivity contribution in [3.05, 3.63) is 265 Å². The first kappa shape index (κ1) is 36.9. The maximum absolute atomic E-state index is 6.64. The second kappa shape index (κ2) is 13.2. The van der Waals surface area contributed by atoms with Crippen LogP contribution in [0.3, 0.4) is 0 Å². The summed E-state index contributed by atoms with van der Waals surface area (Å²) >= 11 is 7.75. The molecule has 0 N–H and O–H groups in total. The van der Waals surface area contributed by atoms with Crippen LogP contribution in [0.2, 0.25) is 0 Å². The summed E-state index contributed by atoms with van der Waals surface area (Å²) in [6.07, 6.45) is 5.79. The van der Waals surface area contributed by atoms with Gasteiger partial charge in [0, 0.05) is 42.5 Å². The van der Waals surface area contributed by atoms with Crippen molar-refractivity contribution in [3.63, 3.8) is 0 Å². The fourth-order valence-electron chi connectivity index (χ4n) is 12.7. The molecule has 9 aromatic carbocycles. The van der Waals surface area contributed by atoms with Crippen molar-refractivity contribution in [3.8, 4) is 33.4 Å². The summed E-state index contributed by atoms with van der Waals surface area (Å²) in [5, 5.41) is 3.48. The average molecular weight is 970 g/mol. The van der Waals surface area contributed by atoms with Crippen molar-refractivity contribution in [2.24, 2.45) is 0 Å². The Morgan fingerprint density at radius 3 is 1.55 bits per heavy atom. The lowest BCUT2D eigenvalue weighted by Crippen LogP contribution is -2.27. The Hall–Kier alpha value is -7.33. The summed E-state index contributed by atoms with van der Waals surface area (Å²) in [6, 6.07) is 69.9. The Morgan fingerprint density at radius 1 is 0.364 bits per heavy atom. The molecule has 66 heavy (non-hydrogen) atoms. The Kier molecular flexibility index (Phi) is 7.36. The lowest BCUT2D eigenvalue weighted by Gasteiger charge is -2.30. The highest BCUT2D eigenvalue weighted by Gasteiger charge is 2.61. The van der Waals surface area contributed by atoms with E-state index >= 15 is 0 Å². The molecule has 0 amide bonds. The number of allylic oxidation sites excluding steroid dienone is 3.